The molecule has 2 saturated heterocycles. The van der Waals surface area contributed by atoms with Crippen LogP contribution in [0, 0.1) is 30.5 Å². The molecule has 1 aliphatic carbocycles. The predicted molar refractivity (Wildman–Crippen MR) is 135 cm³/mol. The first-order valence-corrected chi connectivity index (χ1v) is 13.4. The Morgan fingerprint density at radius 2 is 1.89 bits per heavy atom. The maximum Gasteiger partial charge on any atom is 0.243 e. The molecule has 0 aromatic heterocycles. The second kappa shape index (κ2) is 10.1. The maximum absolute atomic E-state index is 14.3. The van der Waals surface area contributed by atoms with E-state index in [4.69, 9.17) is 0 Å². The monoisotopic (exact) mass is 485 g/mol. The molecule has 2 amide bonds. The van der Waals surface area contributed by atoms with E-state index in [9.17, 15) is 14.0 Å². The molecule has 0 bridgehead atoms. The van der Waals surface area contributed by atoms with Crippen molar-refractivity contribution in [1.29, 1.82) is 0 Å². The molecule has 5 rings (SSSR count). The molecule has 4 aliphatic rings. The van der Waals surface area contributed by atoms with E-state index < -0.39 is 6.04 Å². The van der Waals surface area contributed by atoms with Gasteiger partial charge in [-0.25, -0.2) is 4.39 Å². The summed E-state index contributed by atoms with van der Waals surface area (Å²) in [5.74, 6) is 0.553. The highest BCUT2D eigenvalue weighted by atomic mass is 19.1. The summed E-state index contributed by atoms with van der Waals surface area (Å²) in [6, 6.07) is 3.24. The van der Waals surface area contributed by atoms with Gasteiger partial charge in [-0.05, 0) is 82.6 Å². The average molecular weight is 486 g/mol. The largest absolute Gasteiger partial charge is 0.373 e. The van der Waals surface area contributed by atoms with Crippen molar-refractivity contribution in [3.63, 3.8) is 0 Å². The molecule has 35 heavy (non-hydrogen) atoms. The van der Waals surface area contributed by atoms with Crippen molar-refractivity contribution in [2.45, 2.75) is 76.5 Å². The molecule has 8 heteroatoms. The second-order valence-corrected chi connectivity index (χ2v) is 11.4. The van der Waals surface area contributed by atoms with Gasteiger partial charge >= 0.3 is 0 Å². The molecule has 7 nitrogen and oxygen atoms in total. The molecule has 0 radical (unpaired) electrons. The van der Waals surface area contributed by atoms with Gasteiger partial charge < -0.3 is 26.2 Å². The Kier molecular flexibility index (Phi) is 7.04. The quantitative estimate of drug-likeness (QED) is 0.497. The third-order valence-corrected chi connectivity index (χ3v) is 8.64. The van der Waals surface area contributed by atoms with E-state index in [0.29, 0.717) is 24.4 Å². The van der Waals surface area contributed by atoms with E-state index in [-0.39, 0.29) is 47.6 Å². The molecule has 4 N–H and O–H groups in total. The van der Waals surface area contributed by atoms with Crippen LogP contribution in [0.25, 0.3) is 0 Å². The van der Waals surface area contributed by atoms with Crippen LogP contribution >= 0.6 is 0 Å². The molecule has 3 aliphatic heterocycles. The van der Waals surface area contributed by atoms with E-state index in [1.807, 2.05) is 6.92 Å². The Labute approximate surface area is 208 Å². The Morgan fingerprint density at radius 3 is 2.54 bits per heavy atom. The number of fused-ring (bicyclic) bond motifs is 1. The van der Waals surface area contributed by atoms with Gasteiger partial charge in [-0.1, -0.05) is 13.0 Å². The third-order valence-electron chi connectivity index (χ3n) is 8.64. The number of hydrogen-bond acceptors (Lipinski definition) is 5. The van der Waals surface area contributed by atoms with Crippen LogP contribution in [0.1, 0.15) is 50.2 Å². The van der Waals surface area contributed by atoms with Crippen LogP contribution in [0.15, 0.2) is 12.1 Å². The fourth-order valence-corrected chi connectivity index (χ4v) is 6.26. The number of hydrogen-bond donors (Lipinski definition) is 4. The van der Waals surface area contributed by atoms with E-state index in [1.165, 1.54) is 6.07 Å². The number of anilines is 1. The van der Waals surface area contributed by atoms with Crippen LogP contribution < -0.4 is 21.3 Å². The maximum atomic E-state index is 14.3. The molecule has 1 aromatic carbocycles. The number of amides is 2. The van der Waals surface area contributed by atoms with Gasteiger partial charge in [0.1, 0.15) is 11.9 Å². The van der Waals surface area contributed by atoms with Crippen molar-refractivity contribution in [1.82, 2.24) is 20.9 Å². The van der Waals surface area contributed by atoms with Crippen LogP contribution in [0.3, 0.4) is 0 Å². The Hall–Kier alpha value is -2.19. The van der Waals surface area contributed by atoms with Crippen molar-refractivity contribution in [3.05, 3.63) is 29.1 Å². The zero-order chi connectivity index (χ0) is 24.7. The van der Waals surface area contributed by atoms with Crippen molar-refractivity contribution in [2.24, 2.45) is 17.8 Å². The minimum atomic E-state index is -0.450. The Morgan fingerprint density at radius 1 is 1.14 bits per heavy atom. The number of aryl methyl sites for hydroxylation is 1. The molecular formula is C27H40FN5O2. The fraction of sp³-hybridized carbons (Fsp3) is 0.704. The van der Waals surface area contributed by atoms with Gasteiger partial charge in [0, 0.05) is 42.3 Å². The lowest BCUT2D eigenvalue weighted by molar-refractivity contribution is -0.128. The number of carbonyl (C=O) groups is 2. The Bertz CT molecular complexity index is 928. The van der Waals surface area contributed by atoms with Gasteiger partial charge in [0.25, 0.3) is 0 Å². The van der Waals surface area contributed by atoms with Crippen molar-refractivity contribution in [3.8, 4) is 0 Å². The first kappa shape index (κ1) is 24.5. The van der Waals surface area contributed by atoms with Gasteiger partial charge in [0.15, 0.2) is 0 Å². The highest BCUT2D eigenvalue weighted by molar-refractivity contribution is 5.88. The molecular weight excluding hydrogens is 445 g/mol. The molecule has 5 unspecified atom stereocenters. The topological polar surface area (TPSA) is 85.5 Å². The summed E-state index contributed by atoms with van der Waals surface area (Å²) in [5, 5.41) is 13.5. The number of piperidine rings is 2. The second-order valence-electron chi connectivity index (χ2n) is 11.4. The predicted octanol–water partition coefficient (Wildman–Crippen LogP) is 2.19. The van der Waals surface area contributed by atoms with Crippen molar-refractivity contribution in [2.75, 3.05) is 32.0 Å². The molecule has 5 atom stereocenters. The highest BCUT2D eigenvalue weighted by Gasteiger charge is 2.44. The van der Waals surface area contributed by atoms with Crippen molar-refractivity contribution < 1.29 is 14.0 Å². The first-order chi connectivity index (χ1) is 16.8. The van der Waals surface area contributed by atoms with Crippen LogP contribution in [0.4, 0.5) is 10.1 Å². The number of rotatable bonds is 6. The van der Waals surface area contributed by atoms with Crippen LogP contribution in [-0.2, 0) is 16.0 Å². The number of benzene rings is 1. The SMILES string of the molecule is Cc1ccc(F)c2c1NC(C(=O)NC(C1CC1)C1NCC(C(=O)NC3CCN(C)CC3)CC1C)C2. The summed E-state index contributed by atoms with van der Waals surface area (Å²) in [4.78, 5) is 28.5. The minimum Gasteiger partial charge on any atom is -0.373 e. The normalized spacial score (nSPS) is 30.3. The standard InChI is InChI=1S/C27H40FN5O2/c1-15-4-7-21(28)20-13-22(31-23(15)20)27(35)32-25(17-5-6-17)24-16(2)12-18(14-29-24)26(34)30-19-8-10-33(3)11-9-19/h4,7,16-19,22,24-25,29,31H,5-6,8-14H2,1-3H3,(H,30,34)(H,32,35). The lowest BCUT2D eigenvalue weighted by Gasteiger charge is -2.40. The summed E-state index contributed by atoms with van der Waals surface area (Å²) < 4.78 is 14.3. The highest BCUT2D eigenvalue weighted by Crippen LogP contribution is 2.38. The molecule has 192 valence electrons. The van der Waals surface area contributed by atoms with Gasteiger partial charge in [-0.3, -0.25) is 9.59 Å². The average Bonchev–Trinajstić information content (AvgIpc) is 3.58. The zero-order valence-corrected chi connectivity index (χ0v) is 21.2. The number of likely N-dealkylation sites (tertiary alicyclic amines) is 1. The number of nitrogens with zero attached hydrogens (tertiary/aromatic N) is 1. The van der Waals surface area contributed by atoms with Gasteiger partial charge in [0.05, 0.1) is 5.92 Å². The van der Waals surface area contributed by atoms with Gasteiger partial charge in [0.2, 0.25) is 11.8 Å². The summed E-state index contributed by atoms with van der Waals surface area (Å²) >= 11 is 0. The van der Waals surface area contributed by atoms with Crippen LogP contribution in [0.2, 0.25) is 0 Å². The summed E-state index contributed by atoms with van der Waals surface area (Å²) in [5.41, 5.74) is 2.33. The smallest absolute Gasteiger partial charge is 0.243 e. The minimum absolute atomic E-state index is 0.0339. The van der Waals surface area contributed by atoms with Crippen molar-refractivity contribution >= 4 is 17.5 Å². The van der Waals surface area contributed by atoms with Crippen LogP contribution in [0.5, 0.6) is 0 Å². The molecule has 3 fully saturated rings. The number of carbonyl (C=O) groups excluding carboxylic acids is 2. The Balaban J connectivity index is 1.17. The summed E-state index contributed by atoms with van der Waals surface area (Å²) in [6.45, 7) is 6.83. The first-order valence-electron chi connectivity index (χ1n) is 13.4. The number of nitrogens with one attached hydrogen (secondary N) is 4. The summed E-state index contributed by atoms with van der Waals surface area (Å²) in [7, 11) is 2.13. The molecule has 0 spiro atoms. The van der Waals surface area contributed by atoms with Gasteiger partial charge in [-0.15, -0.1) is 0 Å². The molecule has 3 heterocycles. The van der Waals surface area contributed by atoms with Gasteiger partial charge in [-0.2, -0.15) is 0 Å². The van der Waals surface area contributed by atoms with E-state index in [0.717, 1.165) is 56.4 Å². The zero-order valence-electron chi connectivity index (χ0n) is 21.2. The van der Waals surface area contributed by atoms with E-state index in [1.54, 1.807) is 6.07 Å². The van der Waals surface area contributed by atoms with E-state index in [2.05, 4.69) is 40.1 Å². The summed E-state index contributed by atoms with van der Waals surface area (Å²) in [6.07, 6.45) is 5.45. The third kappa shape index (κ3) is 5.33. The molecule has 1 saturated carbocycles. The lowest BCUT2D eigenvalue weighted by atomic mass is 9.80. The lowest BCUT2D eigenvalue weighted by Crippen LogP contribution is -2.60. The fourth-order valence-electron chi connectivity index (χ4n) is 6.26. The number of halogens is 1. The van der Waals surface area contributed by atoms with Crippen LogP contribution in [-0.4, -0.2) is 67.6 Å². The van der Waals surface area contributed by atoms with E-state index >= 15 is 0 Å². The molecule has 1 aromatic rings.